The van der Waals surface area contributed by atoms with Gasteiger partial charge < -0.3 is 5.32 Å². The molecule has 0 amide bonds. The van der Waals surface area contributed by atoms with Gasteiger partial charge in [-0.1, -0.05) is 36.8 Å². The molecule has 1 aliphatic heterocycles. The number of likely N-dealkylation sites (N-methyl/N-ethyl adjacent to an activating group) is 1. The molecule has 0 radical (unpaired) electrons. The zero-order chi connectivity index (χ0) is 13.1. The van der Waals surface area contributed by atoms with E-state index in [4.69, 9.17) is 0 Å². The van der Waals surface area contributed by atoms with Gasteiger partial charge in [-0.15, -0.1) is 0 Å². The van der Waals surface area contributed by atoms with Crippen LogP contribution in [0.2, 0.25) is 0 Å². The van der Waals surface area contributed by atoms with E-state index in [1.54, 1.807) is 0 Å². The van der Waals surface area contributed by atoms with Crippen LogP contribution in [-0.2, 0) is 0 Å². The Morgan fingerprint density at radius 3 is 2.44 bits per heavy atom. The number of nitrogens with one attached hydrogen (secondary N) is 1. The molecule has 18 heavy (non-hydrogen) atoms. The summed E-state index contributed by atoms with van der Waals surface area (Å²) in [6.07, 6.45) is 1.34. The SMILES string of the molecule is CNC(c1ccc(C)cc1)C(C)N1CCC(C)C1. The summed E-state index contributed by atoms with van der Waals surface area (Å²) in [4.78, 5) is 2.62. The third-order valence-electron chi connectivity index (χ3n) is 4.26. The van der Waals surface area contributed by atoms with E-state index in [0.717, 1.165) is 5.92 Å². The van der Waals surface area contributed by atoms with Crippen molar-refractivity contribution in [1.82, 2.24) is 10.2 Å². The molecule has 1 saturated heterocycles. The second kappa shape index (κ2) is 5.85. The number of rotatable bonds is 4. The van der Waals surface area contributed by atoms with E-state index >= 15 is 0 Å². The van der Waals surface area contributed by atoms with Crippen LogP contribution >= 0.6 is 0 Å². The summed E-state index contributed by atoms with van der Waals surface area (Å²) in [5.74, 6) is 0.850. The molecule has 1 aromatic rings. The maximum Gasteiger partial charge on any atom is 0.0473 e. The highest BCUT2D eigenvalue weighted by Crippen LogP contribution is 2.26. The first-order valence-electron chi connectivity index (χ1n) is 7.09. The van der Waals surface area contributed by atoms with Gasteiger partial charge in [0.15, 0.2) is 0 Å². The Kier molecular flexibility index (Phi) is 4.41. The Hall–Kier alpha value is -0.860. The largest absolute Gasteiger partial charge is 0.312 e. The Labute approximate surface area is 111 Å². The van der Waals surface area contributed by atoms with Gasteiger partial charge >= 0.3 is 0 Å². The van der Waals surface area contributed by atoms with Crippen molar-refractivity contribution in [2.75, 3.05) is 20.1 Å². The van der Waals surface area contributed by atoms with Crippen molar-refractivity contribution in [3.63, 3.8) is 0 Å². The molecule has 0 saturated carbocycles. The van der Waals surface area contributed by atoms with E-state index in [-0.39, 0.29) is 0 Å². The van der Waals surface area contributed by atoms with Crippen LogP contribution in [0.5, 0.6) is 0 Å². The van der Waals surface area contributed by atoms with E-state index < -0.39 is 0 Å². The standard InChI is InChI=1S/C16H26N2/c1-12-5-7-15(8-6-12)16(17-4)14(3)18-10-9-13(2)11-18/h5-8,13-14,16-17H,9-11H2,1-4H3. The molecule has 1 aromatic carbocycles. The van der Waals surface area contributed by atoms with Gasteiger partial charge in [-0.05, 0) is 45.3 Å². The highest BCUT2D eigenvalue weighted by Gasteiger charge is 2.28. The lowest BCUT2D eigenvalue weighted by molar-refractivity contribution is 0.206. The number of benzene rings is 1. The third-order valence-corrected chi connectivity index (χ3v) is 4.26. The number of aryl methyl sites for hydroxylation is 1. The molecule has 2 heteroatoms. The molecule has 1 fully saturated rings. The minimum Gasteiger partial charge on any atom is -0.312 e. The summed E-state index contributed by atoms with van der Waals surface area (Å²) < 4.78 is 0. The first kappa shape index (κ1) is 13.6. The van der Waals surface area contributed by atoms with Crippen molar-refractivity contribution in [1.29, 1.82) is 0 Å². The van der Waals surface area contributed by atoms with Crippen LogP contribution in [0, 0.1) is 12.8 Å². The molecular weight excluding hydrogens is 220 g/mol. The fraction of sp³-hybridized carbons (Fsp3) is 0.625. The monoisotopic (exact) mass is 246 g/mol. The van der Waals surface area contributed by atoms with Gasteiger partial charge in [0.05, 0.1) is 0 Å². The average Bonchev–Trinajstić information content (AvgIpc) is 2.79. The Morgan fingerprint density at radius 2 is 1.94 bits per heavy atom. The number of hydrogen-bond donors (Lipinski definition) is 1. The van der Waals surface area contributed by atoms with Crippen LogP contribution in [0.4, 0.5) is 0 Å². The van der Waals surface area contributed by atoms with Gasteiger partial charge in [0.1, 0.15) is 0 Å². The van der Waals surface area contributed by atoms with Gasteiger partial charge in [0.25, 0.3) is 0 Å². The molecule has 1 aliphatic rings. The highest BCUT2D eigenvalue weighted by atomic mass is 15.2. The van der Waals surface area contributed by atoms with Crippen molar-refractivity contribution < 1.29 is 0 Å². The lowest BCUT2D eigenvalue weighted by Gasteiger charge is -2.32. The molecule has 2 rings (SSSR count). The van der Waals surface area contributed by atoms with Crippen molar-refractivity contribution in [3.05, 3.63) is 35.4 Å². The van der Waals surface area contributed by atoms with Crippen LogP contribution in [0.25, 0.3) is 0 Å². The topological polar surface area (TPSA) is 15.3 Å². The van der Waals surface area contributed by atoms with Crippen molar-refractivity contribution in [2.24, 2.45) is 5.92 Å². The van der Waals surface area contributed by atoms with Gasteiger partial charge in [-0.2, -0.15) is 0 Å². The molecule has 100 valence electrons. The normalized spacial score (nSPS) is 24.1. The lowest BCUT2D eigenvalue weighted by atomic mass is 9.98. The molecule has 1 heterocycles. The highest BCUT2D eigenvalue weighted by molar-refractivity contribution is 5.25. The van der Waals surface area contributed by atoms with E-state index in [1.807, 2.05) is 0 Å². The zero-order valence-corrected chi connectivity index (χ0v) is 12.1. The molecule has 0 spiro atoms. The third kappa shape index (κ3) is 2.93. The zero-order valence-electron chi connectivity index (χ0n) is 12.1. The minimum atomic E-state index is 0.427. The summed E-state index contributed by atoms with van der Waals surface area (Å²) in [7, 11) is 2.07. The smallest absolute Gasteiger partial charge is 0.0473 e. The van der Waals surface area contributed by atoms with Crippen molar-refractivity contribution in [2.45, 2.75) is 39.3 Å². The molecule has 1 N–H and O–H groups in total. The summed E-state index contributed by atoms with van der Waals surface area (Å²) >= 11 is 0. The summed E-state index contributed by atoms with van der Waals surface area (Å²) in [5.41, 5.74) is 2.73. The second-order valence-electron chi connectivity index (χ2n) is 5.81. The maximum atomic E-state index is 3.49. The van der Waals surface area contributed by atoms with Crippen molar-refractivity contribution >= 4 is 0 Å². The molecule has 3 atom stereocenters. The van der Waals surface area contributed by atoms with Crippen LogP contribution in [0.3, 0.4) is 0 Å². The van der Waals surface area contributed by atoms with Gasteiger partial charge in [-0.25, -0.2) is 0 Å². The predicted octanol–water partition coefficient (Wildman–Crippen LogP) is 2.99. The van der Waals surface area contributed by atoms with E-state index in [0.29, 0.717) is 12.1 Å². The molecule has 0 aromatic heterocycles. The van der Waals surface area contributed by atoms with Crippen LogP contribution in [0.1, 0.15) is 37.4 Å². The quantitative estimate of drug-likeness (QED) is 0.878. The summed E-state index contributed by atoms with van der Waals surface area (Å²) in [5, 5.41) is 3.49. The fourth-order valence-corrected chi connectivity index (χ4v) is 3.01. The number of hydrogen-bond acceptors (Lipinski definition) is 2. The Bertz CT molecular complexity index is 371. The second-order valence-corrected chi connectivity index (χ2v) is 5.81. The van der Waals surface area contributed by atoms with E-state index in [2.05, 4.69) is 62.3 Å². The molecule has 3 unspecified atom stereocenters. The van der Waals surface area contributed by atoms with E-state index in [9.17, 15) is 0 Å². The summed E-state index contributed by atoms with van der Waals surface area (Å²) in [6.45, 7) is 9.33. The lowest BCUT2D eigenvalue weighted by Crippen LogP contribution is -2.40. The fourth-order valence-electron chi connectivity index (χ4n) is 3.01. The maximum absolute atomic E-state index is 3.49. The summed E-state index contributed by atoms with van der Waals surface area (Å²) in [6, 6.07) is 9.91. The van der Waals surface area contributed by atoms with Gasteiger partial charge in [0.2, 0.25) is 0 Å². The van der Waals surface area contributed by atoms with Crippen LogP contribution in [0.15, 0.2) is 24.3 Å². The van der Waals surface area contributed by atoms with E-state index in [1.165, 1.54) is 30.6 Å². The van der Waals surface area contributed by atoms with Gasteiger partial charge in [0, 0.05) is 18.6 Å². The van der Waals surface area contributed by atoms with Crippen LogP contribution in [-0.4, -0.2) is 31.1 Å². The molecular formula is C16H26N2. The Morgan fingerprint density at radius 1 is 1.28 bits per heavy atom. The number of nitrogens with zero attached hydrogens (tertiary/aromatic N) is 1. The molecule has 0 bridgehead atoms. The Balaban J connectivity index is 2.10. The predicted molar refractivity (Wildman–Crippen MR) is 77.8 cm³/mol. The van der Waals surface area contributed by atoms with Crippen LogP contribution < -0.4 is 5.32 Å². The average molecular weight is 246 g/mol. The first-order chi connectivity index (χ1) is 8.61. The molecule has 0 aliphatic carbocycles. The van der Waals surface area contributed by atoms with Gasteiger partial charge in [-0.3, -0.25) is 4.90 Å². The minimum absolute atomic E-state index is 0.427. The number of likely N-dealkylation sites (tertiary alicyclic amines) is 1. The first-order valence-corrected chi connectivity index (χ1v) is 7.09. The molecule has 2 nitrogen and oxygen atoms in total. The van der Waals surface area contributed by atoms with Crippen molar-refractivity contribution in [3.8, 4) is 0 Å².